The van der Waals surface area contributed by atoms with Crippen LogP contribution in [0.3, 0.4) is 0 Å². The number of carbonyl (C=O) groups excluding carboxylic acids is 2. The molecule has 2 aromatic rings. The Balaban J connectivity index is 1.96. The highest BCUT2D eigenvalue weighted by Gasteiger charge is 2.44. The fourth-order valence-electron chi connectivity index (χ4n) is 3.38. The van der Waals surface area contributed by atoms with E-state index in [1.165, 1.54) is 0 Å². The van der Waals surface area contributed by atoms with Gasteiger partial charge in [0.1, 0.15) is 11.2 Å². The molecule has 1 fully saturated rings. The second kappa shape index (κ2) is 7.46. The molecule has 2 N–H and O–H groups in total. The first-order valence-electron chi connectivity index (χ1n) is 8.89. The van der Waals surface area contributed by atoms with Crippen LogP contribution in [0.15, 0.2) is 60.3 Å². The average molecular weight is 359 g/mol. The van der Waals surface area contributed by atoms with Crippen LogP contribution in [0.5, 0.6) is 0 Å². The van der Waals surface area contributed by atoms with Crippen molar-refractivity contribution in [1.82, 2.24) is 10.6 Å². The molecule has 2 aromatic carbocycles. The Morgan fingerprint density at radius 1 is 1.07 bits per heavy atom. The van der Waals surface area contributed by atoms with Crippen LogP contribution in [0.2, 0.25) is 0 Å². The number of allylic oxidation sites excluding steroid dienone is 1. The summed E-state index contributed by atoms with van der Waals surface area (Å²) >= 11 is 0. The van der Waals surface area contributed by atoms with Gasteiger partial charge < -0.3 is 10.6 Å². The first-order chi connectivity index (χ1) is 13.0. The lowest BCUT2D eigenvalue weighted by molar-refractivity contribution is -0.136. The van der Waals surface area contributed by atoms with Crippen molar-refractivity contribution in [3.05, 3.63) is 77.0 Å². The van der Waals surface area contributed by atoms with Crippen molar-refractivity contribution in [3.63, 3.8) is 0 Å². The van der Waals surface area contributed by atoms with Crippen molar-refractivity contribution in [3.8, 4) is 6.07 Å². The number of hydrogen-bond donors (Lipinski definition) is 2. The monoisotopic (exact) mass is 359 g/mol. The second-order valence-corrected chi connectivity index (χ2v) is 6.66. The van der Waals surface area contributed by atoms with Gasteiger partial charge in [-0.05, 0) is 36.1 Å². The summed E-state index contributed by atoms with van der Waals surface area (Å²) in [4.78, 5) is 25.8. The highest BCUT2D eigenvalue weighted by molar-refractivity contribution is 6.11. The van der Waals surface area contributed by atoms with Crippen LogP contribution in [0.4, 0.5) is 0 Å². The van der Waals surface area contributed by atoms with Crippen LogP contribution in [0.25, 0.3) is 5.57 Å². The summed E-state index contributed by atoms with van der Waals surface area (Å²) in [7, 11) is 0. The molecule has 0 bridgehead atoms. The minimum absolute atomic E-state index is 0.194. The smallest absolute Gasteiger partial charge is 0.268 e. The molecule has 2 amide bonds. The van der Waals surface area contributed by atoms with Crippen molar-refractivity contribution in [2.45, 2.75) is 32.2 Å². The molecule has 5 heteroatoms. The summed E-state index contributed by atoms with van der Waals surface area (Å²) in [5.74, 6) is -0.574. The topological polar surface area (TPSA) is 82.0 Å². The van der Waals surface area contributed by atoms with Gasteiger partial charge in [-0.15, -0.1) is 0 Å². The van der Waals surface area contributed by atoms with Gasteiger partial charge in [0.05, 0.1) is 11.6 Å². The lowest BCUT2D eigenvalue weighted by Gasteiger charge is -2.37. The molecule has 136 valence electrons. The fourth-order valence-corrected chi connectivity index (χ4v) is 3.38. The fraction of sp³-hybridized carbons (Fsp3) is 0.227. The predicted molar refractivity (Wildman–Crippen MR) is 103 cm³/mol. The molecule has 3 rings (SSSR count). The maximum absolute atomic E-state index is 13.0. The Bertz CT molecular complexity index is 957. The van der Waals surface area contributed by atoms with Crippen molar-refractivity contribution in [1.29, 1.82) is 5.26 Å². The summed E-state index contributed by atoms with van der Waals surface area (Å²) in [6.07, 6.45) is 0.892. The van der Waals surface area contributed by atoms with E-state index in [9.17, 15) is 14.9 Å². The van der Waals surface area contributed by atoms with E-state index in [4.69, 9.17) is 0 Å². The van der Waals surface area contributed by atoms with Crippen molar-refractivity contribution in [2.75, 3.05) is 0 Å². The third-order valence-corrected chi connectivity index (χ3v) is 5.03. The molecule has 1 unspecified atom stereocenters. The Morgan fingerprint density at radius 3 is 2.41 bits per heavy atom. The van der Waals surface area contributed by atoms with Crippen LogP contribution in [0, 0.1) is 11.3 Å². The van der Waals surface area contributed by atoms with Gasteiger partial charge in [0, 0.05) is 6.42 Å². The minimum Gasteiger partial charge on any atom is -0.336 e. The molecule has 1 heterocycles. The molecular weight excluding hydrogens is 338 g/mol. The minimum atomic E-state index is -0.989. The number of benzene rings is 2. The molecule has 0 aliphatic carbocycles. The van der Waals surface area contributed by atoms with Gasteiger partial charge in [-0.1, -0.05) is 55.5 Å². The number of rotatable bonds is 4. The van der Waals surface area contributed by atoms with Gasteiger partial charge in [0.2, 0.25) is 0 Å². The zero-order valence-electron chi connectivity index (χ0n) is 15.4. The summed E-state index contributed by atoms with van der Waals surface area (Å²) in [5.41, 5.74) is 1.85. The van der Waals surface area contributed by atoms with E-state index in [1.54, 1.807) is 31.2 Å². The zero-order chi connectivity index (χ0) is 19.4. The Hall–Kier alpha value is -3.39. The van der Waals surface area contributed by atoms with Crippen molar-refractivity contribution >= 4 is 17.4 Å². The standard InChI is InChI=1S/C22H21N3O2/c1-3-22(13-16-9-5-4-6-10-16)21(27)24-19(20(26)25-22)15(2)18-12-8-7-11-17(18)14-23/h4-12H,3,13H2,1-2H3,(H,24,27)(H,25,26). The van der Waals surface area contributed by atoms with Crippen molar-refractivity contribution < 1.29 is 9.59 Å². The normalized spacial score (nSPS) is 21.1. The van der Waals surface area contributed by atoms with E-state index in [1.807, 2.05) is 37.3 Å². The summed E-state index contributed by atoms with van der Waals surface area (Å²) < 4.78 is 0. The molecule has 1 aliphatic heterocycles. The van der Waals surface area contributed by atoms with Crippen LogP contribution in [-0.4, -0.2) is 17.4 Å². The van der Waals surface area contributed by atoms with E-state index >= 15 is 0 Å². The largest absolute Gasteiger partial charge is 0.336 e. The highest BCUT2D eigenvalue weighted by Crippen LogP contribution is 2.27. The van der Waals surface area contributed by atoms with E-state index in [2.05, 4.69) is 16.7 Å². The van der Waals surface area contributed by atoms with Gasteiger partial charge in [-0.25, -0.2) is 0 Å². The van der Waals surface area contributed by atoms with Crippen LogP contribution < -0.4 is 10.6 Å². The highest BCUT2D eigenvalue weighted by atomic mass is 16.2. The van der Waals surface area contributed by atoms with Gasteiger partial charge in [0.15, 0.2) is 0 Å². The summed E-state index contributed by atoms with van der Waals surface area (Å²) in [6.45, 7) is 3.62. The van der Waals surface area contributed by atoms with E-state index in [0.29, 0.717) is 29.5 Å². The Morgan fingerprint density at radius 2 is 1.74 bits per heavy atom. The SMILES string of the molecule is CCC1(Cc2ccccc2)NC(=O)C(=C(C)c2ccccc2C#N)NC1=O. The number of nitrogens with one attached hydrogen (secondary N) is 2. The summed E-state index contributed by atoms with van der Waals surface area (Å²) in [5, 5.41) is 15.0. The molecule has 0 spiro atoms. The number of amides is 2. The quantitative estimate of drug-likeness (QED) is 0.824. The maximum Gasteiger partial charge on any atom is 0.268 e. The lowest BCUT2D eigenvalue weighted by atomic mass is 9.84. The zero-order valence-corrected chi connectivity index (χ0v) is 15.4. The lowest BCUT2D eigenvalue weighted by Crippen LogP contribution is -2.65. The summed E-state index contributed by atoms with van der Waals surface area (Å²) in [6, 6.07) is 18.8. The molecule has 5 nitrogen and oxygen atoms in total. The van der Waals surface area contributed by atoms with E-state index < -0.39 is 5.54 Å². The number of piperazine rings is 1. The van der Waals surface area contributed by atoms with E-state index in [0.717, 1.165) is 5.56 Å². The third-order valence-electron chi connectivity index (χ3n) is 5.03. The molecule has 1 atom stereocenters. The first kappa shape index (κ1) is 18.4. The average Bonchev–Trinajstić information content (AvgIpc) is 2.70. The third kappa shape index (κ3) is 3.47. The van der Waals surface area contributed by atoms with Gasteiger partial charge >= 0.3 is 0 Å². The molecule has 0 aromatic heterocycles. The molecular formula is C22H21N3O2. The van der Waals surface area contributed by atoms with Gasteiger partial charge in [-0.3, -0.25) is 9.59 Å². The number of carbonyl (C=O) groups is 2. The van der Waals surface area contributed by atoms with Gasteiger partial charge in [-0.2, -0.15) is 5.26 Å². The van der Waals surface area contributed by atoms with Crippen molar-refractivity contribution in [2.24, 2.45) is 0 Å². The molecule has 0 radical (unpaired) electrons. The Kier molecular flexibility index (Phi) is 5.09. The predicted octanol–water partition coefficient (Wildman–Crippen LogP) is 2.93. The molecule has 27 heavy (non-hydrogen) atoms. The number of nitriles is 1. The van der Waals surface area contributed by atoms with Crippen LogP contribution >= 0.6 is 0 Å². The van der Waals surface area contributed by atoms with Crippen LogP contribution in [0.1, 0.15) is 37.0 Å². The van der Waals surface area contributed by atoms with Crippen LogP contribution in [-0.2, 0) is 16.0 Å². The second-order valence-electron chi connectivity index (χ2n) is 6.66. The maximum atomic E-state index is 13.0. The molecule has 0 saturated carbocycles. The van der Waals surface area contributed by atoms with Gasteiger partial charge in [0.25, 0.3) is 11.8 Å². The Labute approximate surface area is 158 Å². The number of nitrogens with zero attached hydrogens (tertiary/aromatic N) is 1. The molecule has 1 aliphatic rings. The van der Waals surface area contributed by atoms with E-state index in [-0.39, 0.29) is 17.5 Å². The molecule has 1 saturated heterocycles. The number of hydrogen-bond acceptors (Lipinski definition) is 3. The first-order valence-corrected chi connectivity index (χ1v) is 8.89.